The van der Waals surface area contributed by atoms with Crippen LogP contribution in [0.4, 0.5) is 4.39 Å². The van der Waals surface area contributed by atoms with E-state index in [9.17, 15) is 19.1 Å². The number of fused-ring (bicyclic) bond motifs is 1. The fourth-order valence-electron chi connectivity index (χ4n) is 3.96. The van der Waals surface area contributed by atoms with Crippen LogP contribution in [0, 0.1) is 5.82 Å². The highest BCUT2D eigenvalue weighted by molar-refractivity contribution is 6.09. The molecule has 1 aliphatic heterocycles. The van der Waals surface area contributed by atoms with Crippen molar-refractivity contribution in [3.05, 3.63) is 58.8 Å². The number of amides is 1. The molecule has 1 aromatic heterocycles. The lowest BCUT2D eigenvalue weighted by molar-refractivity contribution is 0.0380. The first-order valence-corrected chi connectivity index (χ1v) is 8.91. The van der Waals surface area contributed by atoms with E-state index in [0.717, 1.165) is 12.0 Å². The third kappa shape index (κ3) is 2.94. The van der Waals surface area contributed by atoms with Gasteiger partial charge in [-0.15, -0.1) is 0 Å². The largest absolute Gasteiger partial charge is 0.468 e. The van der Waals surface area contributed by atoms with Crippen molar-refractivity contribution in [2.45, 2.75) is 37.7 Å². The maximum absolute atomic E-state index is 13.1. The van der Waals surface area contributed by atoms with Gasteiger partial charge in [-0.05, 0) is 30.5 Å². The van der Waals surface area contributed by atoms with Gasteiger partial charge in [0.2, 0.25) is 0 Å². The molecule has 136 valence electrons. The lowest BCUT2D eigenvalue weighted by Crippen LogP contribution is -2.46. The molecule has 5 nitrogen and oxygen atoms in total. The molecule has 2 aromatic rings. The Hall–Kier alpha value is -2.47. The molecule has 0 spiro atoms. The van der Waals surface area contributed by atoms with Crippen molar-refractivity contribution in [1.29, 1.82) is 0 Å². The van der Waals surface area contributed by atoms with Gasteiger partial charge in [-0.25, -0.2) is 4.39 Å². The molecule has 1 aromatic carbocycles. The monoisotopic (exact) mass is 357 g/mol. The number of aryl methyl sites for hydroxylation is 1. The van der Waals surface area contributed by atoms with Crippen molar-refractivity contribution in [3.63, 3.8) is 0 Å². The molecule has 4 rings (SSSR count). The normalized spacial score (nSPS) is 23.0. The highest BCUT2D eigenvalue weighted by Crippen LogP contribution is 2.31. The van der Waals surface area contributed by atoms with Crippen molar-refractivity contribution in [2.75, 3.05) is 13.1 Å². The van der Waals surface area contributed by atoms with Crippen LogP contribution in [0.3, 0.4) is 0 Å². The molecule has 0 bridgehead atoms. The molecular weight excluding hydrogens is 337 g/mol. The molecule has 0 radical (unpaired) electrons. The van der Waals surface area contributed by atoms with Crippen LogP contribution in [0.15, 0.2) is 34.9 Å². The Bertz CT molecular complexity index is 842. The van der Waals surface area contributed by atoms with Gasteiger partial charge in [0.1, 0.15) is 17.8 Å². The first kappa shape index (κ1) is 17.0. The minimum absolute atomic E-state index is 0.0508. The number of rotatable bonds is 2. The number of carbonyl (C=O) groups excluding carboxylic acids is 2. The summed E-state index contributed by atoms with van der Waals surface area (Å²) in [6, 6.07) is 6.10. The summed E-state index contributed by atoms with van der Waals surface area (Å²) in [6.07, 6.45) is 3.05. The number of aliphatic hydroxyl groups is 1. The van der Waals surface area contributed by atoms with Gasteiger partial charge in [0.15, 0.2) is 5.78 Å². The number of benzene rings is 1. The van der Waals surface area contributed by atoms with Gasteiger partial charge in [0.05, 0.1) is 17.2 Å². The van der Waals surface area contributed by atoms with E-state index in [-0.39, 0.29) is 30.0 Å². The molecule has 2 aliphatic rings. The third-order valence-electron chi connectivity index (χ3n) is 5.35. The molecule has 26 heavy (non-hydrogen) atoms. The number of halogens is 1. The highest BCUT2D eigenvalue weighted by Gasteiger charge is 2.35. The maximum Gasteiger partial charge on any atom is 0.257 e. The van der Waals surface area contributed by atoms with Gasteiger partial charge in [-0.2, -0.15) is 0 Å². The van der Waals surface area contributed by atoms with Crippen LogP contribution in [0.2, 0.25) is 0 Å². The van der Waals surface area contributed by atoms with E-state index in [1.165, 1.54) is 18.4 Å². The highest BCUT2D eigenvalue weighted by atomic mass is 19.1. The number of hydrogen-bond acceptors (Lipinski definition) is 4. The Labute approximate surface area is 150 Å². The van der Waals surface area contributed by atoms with Crippen molar-refractivity contribution < 1.29 is 23.5 Å². The van der Waals surface area contributed by atoms with Gasteiger partial charge in [-0.1, -0.05) is 12.1 Å². The minimum atomic E-state index is -0.739. The number of hydrogen-bond donors (Lipinski definition) is 1. The van der Waals surface area contributed by atoms with E-state index in [1.54, 1.807) is 17.0 Å². The Morgan fingerprint density at radius 3 is 2.73 bits per heavy atom. The zero-order valence-corrected chi connectivity index (χ0v) is 14.3. The molecule has 0 saturated carbocycles. The second-order valence-electron chi connectivity index (χ2n) is 6.99. The van der Waals surface area contributed by atoms with E-state index in [4.69, 9.17) is 4.42 Å². The number of ketones is 1. The third-order valence-corrected chi connectivity index (χ3v) is 5.35. The maximum atomic E-state index is 13.1. The summed E-state index contributed by atoms with van der Waals surface area (Å²) in [5, 5.41) is 10.5. The molecule has 2 heterocycles. The number of β-amino-alcohol motifs (C(OH)–C–C–N with tert-alkyl or cyclic N) is 1. The first-order valence-electron chi connectivity index (χ1n) is 8.91. The Morgan fingerprint density at radius 2 is 2.00 bits per heavy atom. The van der Waals surface area contributed by atoms with Crippen LogP contribution in [0.5, 0.6) is 0 Å². The van der Waals surface area contributed by atoms with Gasteiger partial charge in [0, 0.05) is 31.8 Å². The zero-order chi connectivity index (χ0) is 18.3. The smallest absolute Gasteiger partial charge is 0.257 e. The van der Waals surface area contributed by atoms with Crippen LogP contribution in [0.1, 0.15) is 57.2 Å². The van der Waals surface area contributed by atoms with E-state index in [1.807, 2.05) is 0 Å². The molecule has 1 N–H and O–H groups in total. The minimum Gasteiger partial charge on any atom is -0.468 e. The SMILES string of the molecule is O=C1CCCc2occ(C(=O)N3CC[C@@H](c4ccc(F)cc4)[C@H](O)C3)c21. The first-order chi connectivity index (χ1) is 12.5. The average Bonchev–Trinajstić information content (AvgIpc) is 3.07. The lowest BCUT2D eigenvalue weighted by atomic mass is 9.86. The quantitative estimate of drug-likeness (QED) is 0.897. The summed E-state index contributed by atoms with van der Waals surface area (Å²) in [7, 11) is 0. The van der Waals surface area contributed by atoms with Crippen LogP contribution in [0.25, 0.3) is 0 Å². The summed E-state index contributed by atoms with van der Waals surface area (Å²) in [5.74, 6) is -0.192. The number of furan rings is 1. The molecular formula is C20H20FNO4. The molecule has 1 aliphatic carbocycles. The standard InChI is InChI=1S/C20H20FNO4/c21-13-6-4-12(5-7-13)14-8-9-22(10-17(14)24)20(25)15-11-26-18-3-1-2-16(23)19(15)18/h4-7,11,14,17,24H,1-3,8-10H2/t14-,17+/m0/s1. The van der Waals surface area contributed by atoms with Crippen molar-refractivity contribution in [3.8, 4) is 0 Å². The number of carbonyl (C=O) groups is 2. The molecule has 1 fully saturated rings. The zero-order valence-electron chi connectivity index (χ0n) is 14.3. The number of nitrogens with zero attached hydrogens (tertiary/aromatic N) is 1. The van der Waals surface area contributed by atoms with Gasteiger partial charge in [0.25, 0.3) is 5.91 Å². The molecule has 6 heteroatoms. The van der Waals surface area contributed by atoms with Crippen LogP contribution in [-0.2, 0) is 6.42 Å². The van der Waals surface area contributed by atoms with E-state index >= 15 is 0 Å². The Morgan fingerprint density at radius 1 is 1.23 bits per heavy atom. The fourth-order valence-corrected chi connectivity index (χ4v) is 3.96. The van der Waals surface area contributed by atoms with Gasteiger partial charge in [-0.3, -0.25) is 9.59 Å². The second-order valence-corrected chi connectivity index (χ2v) is 6.99. The van der Waals surface area contributed by atoms with Crippen LogP contribution < -0.4 is 0 Å². The number of aliphatic hydroxyl groups excluding tert-OH is 1. The van der Waals surface area contributed by atoms with Gasteiger partial charge >= 0.3 is 0 Å². The summed E-state index contributed by atoms with van der Waals surface area (Å²) in [6.45, 7) is 0.640. The topological polar surface area (TPSA) is 70.8 Å². The summed E-state index contributed by atoms with van der Waals surface area (Å²) >= 11 is 0. The Balaban J connectivity index is 1.51. The van der Waals surface area contributed by atoms with Gasteiger partial charge < -0.3 is 14.4 Å². The summed E-state index contributed by atoms with van der Waals surface area (Å²) in [5.41, 5.74) is 1.58. The summed E-state index contributed by atoms with van der Waals surface area (Å²) < 4.78 is 18.5. The van der Waals surface area contributed by atoms with Crippen molar-refractivity contribution in [1.82, 2.24) is 4.90 Å². The van der Waals surface area contributed by atoms with Crippen LogP contribution in [-0.4, -0.2) is 40.9 Å². The van der Waals surface area contributed by atoms with Crippen molar-refractivity contribution >= 4 is 11.7 Å². The second kappa shape index (κ2) is 6.68. The molecule has 0 unspecified atom stereocenters. The Kier molecular flexibility index (Phi) is 4.36. The predicted octanol–water partition coefficient (Wildman–Crippen LogP) is 2.93. The van der Waals surface area contributed by atoms with E-state index in [0.29, 0.717) is 42.7 Å². The van der Waals surface area contributed by atoms with Crippen molar-refractivity contribution in [2.24, 2.45) is 0 Å². The molecule has 1 amide bonds. The van der Waals surface area contributed by atoms with Crippen LogP contribution >= 0.6 is 0 Å². The predicted molar refractivity (Wildman–Crippen MR) is 91.6 cm³/mol. The molecule has 2 atom stereocenters. The summed E-state index contributed by atoms with van der Waals surface area (Å²) in [4.78, 5) is 26.6. The van der Waals surface area contributed by atoms with E-state index < -0.39 is 6.10 Å². The fraction of sp³-hybridized carbons (Fsp3) is 0.400. The average molecular weight is 357 g/mol. The van der Waals surface area contributed by atoms with E-state index in [2.05, 4.69) is 0 Å². The number of piperidine rings is 1. The molecule has 1 saturated heterocycles. The lowest BCUT2D eigenvalue weighted by Gasteiger charge is -2.36. The number of likely N-dealkylation sites (tertiary alicyclic amines) is 1. The number of Topliss-reactive ketones (excluding diaryl/α,β-unsaturated/α-hetero) is 1.